The van der Waals surface area contributed by atoms with Crippen LogP contribution in [0, 0.1) is 0 Å². The summed E-state index contributed by atoms with van der Waals surface area (Å²) < 4.78 is 0. The van der Waals surface area contributed by atoms with Crippen LogP contribution in [0.1, 0.15) is 18.4 Å². The summed E-state index contributed by atoms with van der Waals surface area (Å²) in [4.78, 5) is 3.77. The Morgan fingerprint density at radius 2 is 2.31 bits per heavy atom. The summed E-state index contributed by atoms with van der Waals surface area (Å²) in [5.41, 5.74) is 2.85. The molecule has 0 amide bonds. The lowest BCUT2D eigenvalue weighted by Crippen LogP contribution is -2.19. The highest BCUT2D eigenvalue weighted by molar-refractivity contribution is 7.99. The highest BCUT2D eigenvalue weighted by Gasteiger charge is 2.11. The Bertz CT molecular complexity index is 354. The Kier molecular flexibility index (Phi) is 4.42. The predicted octanol–water partition coefficient (Wildman–Crippen LogP) is 3.79. The van der Waals surface area contributed by atoms with Crippen LogP contribution in [0.3, 0.4) is 0 Å². The Labute approximate surface area is 107 Å². The molecule has 0 radical (unpaired) electrons. The molecule has 1 aromatic carbocycles. The molecule has 1 aromatic rings. The summed E-state index contributed by atoms with van der Waals surface area (Å²) >= 11 is 7.71. The highest BCUT2D eigenvalue weighted by atomic mass is 35.5. The van der Waals surface area contributed by atoms with Crippen molar-refractivity contribution in [3.05, 3.63) is 23.8 Å². The number of benzene rings is 1. The standard InChI is InChI=1S/C13H18ClNS/c1-15(8-3-7-14)12-5-6-13-11(10-12)4-2-9-16-13/h5-6,10H,2-4,7-9H2,1H3. The number of thioether (sulfide) groups is 1. The second kappa shape index (κ2) is 5.83. The zero-order valence-corrected chi connectivity index (χ0v) is 11.3. The summed E-state index contributed by atoms with van der Waals surface area (Å²) in [6.07, 6.45) is 3.59. The molecule has 0 fully saturated rings. The van der Waals surface area contributed by atoms with Crippen molar-refractivity contribution in [1.82, 2.24) is 0 Å². The van der Waals surface area contributed by atoms with Crippen LogP contribution >= 0.6 is 23.4 Å². The monoisotopic (exact) mass is 255 g/mol. The van der Waals surface area contributed by atoms with E-state index >= 15 is 0 Å². The van der Waals surface area contributed by atoms with E-state index in [9.17, 15) is 0 Å². The van der Waals surface area contributed by atoms with Crippen LogP contribution in [0.4, 0.5) is 5.69 Å². The average Bonchev–Trinajstić information content (AvgIpc) is 2.35. The second-order valence-electron chi connectivity index (χ2n) is 4.21. The van der Waals surface area contributed by atoms with Crippen LogP contribution in [0.2, 0.25) is 0 Å². The number of aryl methyl sites for hydroxylation is 1. The van der Waals surface area contributed by atoms with E-state index in [2.05, 4.69) is 30.1 Å². The highest BCUT2D eigenvalue weighted by Crippen LogP contribution is 2.32. The summed E-state index contributed by atoms with van der Waals surface area (Å²) in [6, 6.07) is 6.84. The smallest absolute Gasteiger partial charge is 0.0367 e. The minimum absolute atomic E-state index is 0.741. The van der Waals surface area contributed by atoms with Gasteiger partial charge in [-0.15, -0.1) is 23.4 Å². The van der Waals surface area contributed by atoms with Gasteiger partial charge in [0.2, 0.25) is 0 Å². The number of halogens is 1. The third kappa shape index (κ3) is 2.86. The first-order chi connectivity index (χ1) is 7.81. The van der Waals surface area contributed by atoms with Gasteiger partial charge < -0.3 is 4.90 Å². The molecule has 1 aliphatic rings. The third-order valence-electron chi connectivity index (χ3n) is 2.96. The van der Waals surface area contributed by atoms with E-state index in [-0.39, 0.29) is 0 Å². The first-order valence-electron chi connectivity index (χ1n) is 5.84. The van der Waals surface area contributed by atoms with E-state index in [1.54, 1.807) is 0 Å². The number of nitrogens with zero attached hydrogens (tertiary/aromatic N) is 1. The fourth-order valence-electron chi connectivity index (χ4n) is 2.01. The predicted molar refractivity (Wildman–Crippen MR) is 74.1 cm³/mol. The molecule has 0 atom stereocenters. The summed E-state index contributed by atoms with van der Waals surface area (Å²) in [6.45, 7) is 1.04. The maximum atomic E-state index is 5.72. The second-order valence-corrected chi connectivity index (χ2v) is 5.72. The molecular weight excluding hydrogens is 238 g/mol. The number of alkyl halides is 1. The molecule has 0 bridgehead atoms. The largest absolute Gasteiger partial charge is 0.375 e. The lowest BCUT2D eigenvalue weighted by atomic mass is 10.1. The molecule has 0 N–H and O–H groups in total. The van der Waals surface area contributed by atoms with Crippen LogP contribution in [-0.4, -0.2) is 25.2 Å². The number of fused-ring (bicyclic) bond motifs is 1. The van der Waals surface area contributed by atoms with Gasteiger partial charge in [-0.05, 0) is 48.8 Å². The van der Waals surface area contributed by atoms with E-state index in [1.807, 2.05) is 11.8 Å². The van der Waals surface area contributed by atoms with E-state index in [1.165, 1.54) is 34.7 Å². The van der Waals surface area contributed by atoms with Gasteiger partial charge in [0.25, 0.3) is 0 Å². The van der Waals surface area contributed by atoms with Crippen LogP contribution in [0.5, 0.6) is 0 Å². The molecule has 0 saturated carbocycles. The summed E-state index contributed by atoms with van der Waals surface area (Å²) in [5.74, 6) is 2.01. The average molecular weight is 256 g/mol. The van der Waals surface area contributed by atoms with Gasteiger partial charge in [-0.25, -0.2) is 0 Å². The molecule has 0 spiro atoms. The third-order valence-corrected chi connectivity index (χ3v) is 4.43. The Morgan fingerprint density at radius 1 is 1.44 bits per heavy atom. The van der Waals surface area contributed by atoms with Gasteiger partial charge in [0.1, 0.15) is 0 Å². The van der Waals surface area contributed by atoms with Gasteiger partial charge in [0.05, 0.1) is 0 Å². The van der Waals surface area contributed by atoms with Crippen LogP contribution in [-0.2, 0) is 6.42 Å². The quantitative estimate of drug-likeness (QED) is 0.753. The lowest BCUT2D eigenvalue weighted by Gasteiger charge is -2.22. The first kappa shape index (κ1) is 12.1. The van der Waals surface area contributed by atoms with E-state index in [0.29, 0.717) is 0 Å². The molecule has 1 nitrogen and oxygen atoms in total. The van der Waals surface area contributed by atoms with Crippen molar-refractivity contribution in [3.63, 3.8) is 0 Å². The van der Waals surface area contributed by atoms with Crippen molar-refractivity contribution >= 4 is 29.1 Å². The summed E-state index contributed by atoms with van der Waals surface area (Å²) in [7, 11) is 2.14. The SMILES string of the molecule is CN(CCCCl)c1ccc2c(c1)CCCS2. The molecule has 88 valence electrons. The van der Waals surface area contributed by atoms with Crippen LogP contribution in [0.15, 0.2) is 23.1 Å². The maximum absolute atomic E-state index is 5.72. The zero-order valence-electron chi connectivity index (χ0n) is 9.71. The molecule has 0 aromatic heterocycles. The van der Waals surface area contributed by atoms with E-state index in [0.717, 1.165) is 18.8 Å². The van der Waals surface area contributed by atoms with Gasteiger partial charge in [0, 0.05) is 30.1 Å². The maximum Gasteiger partial charge on any atom is 0.0367 e. The van der Waals surface area contributed by atoms with Crippen LogP contribution < -0.4 is 4.90 Å². The summed E-state index contributed by atoms with van der Waals surface area (Å²) in [5, 5.41) is 0. The zero-order chi connectivity index (χ0) is 11.4. The molecular formula is C13H18ClNS. The van der Waals surface area contributed by atoms with E-state index in [4.69, 9.17) is 11.6 Å². The van der Waals surface area contributed by atoms with Crippen molar-refractivity contribution in [2.75, 3.05) is 30.1 Å². The lowest BCUT2D eigenvalue weighted by molar-refractivity contribution is 0.847. The molecule has 3 heteroatoms. The minimum atomic E-state index is 0.741. The minimum Gasteiger partial charge on any atom is -0.375 e. The molecule has 1 heterocycles. The molecule has 16 heavy (non-hydrogen) atoms. The van der Waals surface area contributed by atoms with E-state index < -0.39 is 0 Å². The normalized spacial score (nSPS) is 14.6. The number of hydrogen-bond donors (Lipinski definition) is 0. The van der Waals surface area contributed by atoms with Crippen molar-refractivity contribution in [2.24, 2.45) is 0 Å². The van der Waals surface area contributed by atoms with Gasteiger partial charge in [-0.2, -0.15) is 0 Å². The van der Waals surface area contributed by atoms with Gasteiger partial charge >= 0.3 is 0 Å². The van der Waals surface area contributed by atoms with Crippen molar-refractivity contribution in [3.8, 4) is 0 Å². The van der Waals surface area contributed by atoms with Crippen molar-refractivity contribution in [1.29, 1.82) is 0 Å². The molecule has 0 saturated heterocycles. The van der Waals surface area contributed by atoms with Gasteiger partial charge in [0.15, 0.2) is 0 Å². The fourth-order valence-corrected chi connectivity index (χ4v) is 3.15. The van der Waals surface area contributed by atoms with Crippen molar-refractivity contribution in [2.45, 2.75) is 24.2 Å². The number of anilines is 1. The topological polar surface area (TPSA) is 3.24 Å². The van der Waals surface area contributed by atoms with Gasteiger partial charge in [-0.1, -0.05) is 0 Å². The fraction of sp³-hybridized carbons (Fsp3) is 0.538. The molecule has 0 aliphatic carbocycles. The Hall–Kier alpha value is -0.340. The Morgan fingerprint density at radius 3 is 3.12 bits per heavy atom. The number of hydrogen-bond acceptors (Lipinski definition) is 2. The van der Waals surface area contributed by atoms with Gasteiger partial charge in [-0.3, -0.25) is 0 Å². The molecule has 1 aliphatic heterocycles. The number of rotatable bonds is 4. The molecule has 0 unspecified atom stereocenters. The van der Waals surface area contributed by atoms with Crippen molar-refractivity contribution < 1.29 is 0 Å². The van der Waals surface area contributed by atoms with Crippen LogP contribution in [0.25, 0.3) is 0 Å². The first-order valence-corrected chi connectivity index (χ1v) is 7.36. The Balaban J connectivity index is 2.10. The molecule has 2 rings (SSSR count).